The van der Waals surface area contributed by atoms with E-state index in [4.69, 9.17) is 0 Å². The Balaban J connectivity index is 1.50. The van der Waals surface area contributed by atoms with Crippen LogP contribution in [0.1, 0.15) is 83.5 Å². The maximum atomic E-state index is 3.82. The van der Waals surface area contributed by atoms with Gasteiger partial charge in [-0.1, -0.05) is 57.8 Å². The molecule has 0 spiro atoms. The zero-order chi connectivity index (χ0) is 12.9. The monoisotopic (exact) mass is 263 g/mol. The van der Waals surface area contributed by atoms with Gasteiger partial charge in [0.2, 0.25) is 0 Å². The van der Waals surface area contributed by atoms with Gasteiger partial charge in [0.25, 0.3) is 0 Å². The molecule has 3 rings (SSSR count). The van der Waals surface area contributed by atoms with Crippen molar-refractivity contribution in [3.05, 3.63) is 0 Å². The molecule has 19 heavy (non-hydrogen) atoms. The first-order valence-electron chi connectivity index (χ1n) is 9.15. The highest BCUT2D eigenvalue weighted by atomic mass is 14.9. The van der Waals surface area contributed by atoms with Gasteiger partial charge < -0.3 is 5.32 Å². The first-order valence-corrected chi connectivity index (χ1v) is 9.15. The summed E-state index contributed by atoms with van der Waals surface area (Å²) in [5.41, 5.74) is 0. The van der Waals surface area contributed by atoms with Gasteiger partial charge in [0, 0.05) is 6.04 Å². The number of rotatable bonds is 5. The summed E-state index contributed by atoms with van der Waals surface area (Å²) in [6.07, 6.45) is 19.6. The van der Waals surface area contributed by atoms with Crippen LogP contribution in [-0.2, 0) is 0 Å². The quantitative estimate of drug-likeness (QED) is 0.695. The topological polar surface area (TPSA) is 12.0 Å². The fourth-order valence-corrected chi connectivity index (χ4v) is 4.50. The van der Waals surface area contributed by atoms with E-state index in [1.54, 1.807) is 19.3 Å². The van der Waals surface area contributed by atoms with Crippen molar-refractivity contribution in [3.63, 3.8) is 0 Å². The third-order valence-electron chi connectivity index (χ3n) is 5.92. The van der Waals surface area contributed by atoms with Crippen LogP contribution < -0.4 is 5.32 Å². The van der Waals surface area contributed by atoms with Crippen LogP contribution in [0.4, 0.5) is 0 Å². The first-order chi connectivity index (χ1) is 9.42. The molecule has 3 fully saturated rings. The average Bonchev–Trinajstić information content (AvgIpc) is 3.26. The predicted octanol–water partition coefficient (Wildman–Crippen LogP) is 4.91. The third-order valence-corrected chi connectivity index (χ3v) is 5.92. The van der Waals surface area contributed by atoms with Crippen molar-refractivity contribution in [2.24, 2.45) is 17.8 Å². The zero-order valence-corrected chi connectivity index (χ0v) is 12.7. The normalized spacial score (nSPS) is 34.1. The molecule has 1 heteroatoms. The minimum absolute atomic E-state index is 0.901. The molecule has 0 heterocycles. The molecule has 0 amide bonds. The summed E-state index contributed by atoms with van der Waals surface area (Å²) >= 11 is 0. The number of nitrogens with one attached hydrogen (secondary N) is 1. The fourth-order valence-electron chi connectivity index (χ4n) is 4.50. The Labute approximate surface area is 119 Å². The lowest BCUT2D eigenvalue weighted by Crippen LogP contribution is -2.30. The van der Waals surface area contributed by atoms with Crippen LogP contribution in [0.2, 0.25) is 0 Å². The molecule has 0 aromatic carbocycles. The first kappa shape index (κ1) is 13.9. The largest absolute Gasteiger partial charge is 0.314 e. The van der Waals surface area contributed by atoms with Crippen molar-refractivity contribution in [2.75, 3.05) is 6.54 Å². The molecule has 3 aliphatic rings. The SMILES string of the molecule is C1CCC(CC2CCCCCC2CNC2CC2)CC1. The smallest absolute Gasteiger partial charge is 0.00683 e. The average molecular weight is 263 g/mol. The van der Waals surface area contributed by atoms with Crippen LogP contribution in [-0.4, -0.2) is 12.6 Å². The van der Waals surface area contributed by atoms with Crippen molar-refractivity contribution in [1.82, 2.24) is 5.32 Å². The molecule has 0 aromatic rings. The van der Waals surface area contributed by atoms with E-state index in [1.807, 2.05) is 0 Å². The lowest BCUT2D eigenvalue weighted by atomic mass is 9.76. The van der Waals surface area contributed by atoms with Crippen LogP contribution >= 0.6 is 0 Å². The Morgan fingerprint density at radius 2 is 1.26 bits per heavy atom. The Morgan fingerprint density at radius 1 is 0.632 bits per heavy atom. The van der Waals surface area contributed by atoms with Crippen LogP contribution in [0.15, 0.2) is 0 Å². The van der Waals surface area contributed by atoms with Crippen LogP contribution in [0, 0.1) is 17.8 Å². The van der Waals surface area contributed by atoms with Gasteiger partial charge in [-0.25, -0.2) is 0 Å². The van der Waals surface area contributed by atoms with Crippen molar-refractivity contribution < 1.29 is 0 Å². The molecule has 3 aliphatic carbocycles. The molecular weight excluding hydrogens is 230 g/mol. The zero-order valence-electron chi connectivity index (χ0n) is 12.7. The van der Waals surface area contributed by atoms with Crippen LogP contribution in [0.3, 0.4) is 0 Å². The Bertz CT molecular complexity index is 252. The highest BCUT2D eigenvalue weighted by Crippen LogP contribution is 2.37. The molecule has 3 saturated carbocycles. The van der Waals surface area contributed by atoms with E-state index in [-0.39, 0.29) is 0 Å². The van der Waals surface area contributed by atoms with Crippen molar-refractivity contribution in [2.45, 2.75) is 89.5 Å². The minimum atomic E-state index is 0.901. The lowest BCUT2D eigenvalue weighted by Gasteiger charge is -2.31. The molecule has 1 nitrogen and oxygen atoms in total. The molecule has 110 valence electrons. The highest BCUT2D eigenvalue weighted by molar-refractivity contribution is 4.85. The summed E-state index contributed by atoms with van der Waals surface area (Å²) in [6.45, 7) is 1.34. The van der Waals surface area contributed by atoms with Gasteiger partial charge in [0.15, 0.2) is 0 Å². The van der Waals surface area contributed by atoms with Crippen LogP contribution in [0.25, 0.3) is 0 Å². The van der Waals surface area contributed by atoms with Gasteiger partial charge in [0.1, 0.15) is 0 Å². The molecule has 0 bridgehead atoms. The second-order valence-corrected chi connectivity index (χ2v) is 7.58. The van der Waals surface area contributed by atoms with Crippen molar-refractivity contribution >= 4 is 0 Å². The summed E-state index contributed by atoms with van der Waals surface area (Å²) in [5, 5.41) is 3.82. The molecule has 2 unspecified atom stereocenters. The van der Waals surface area contributed by atoms with E-state index in [0.29, 0.717) is 0 Å². The Hall–Kier alpha value is -0.0400. The van der Waals surface area contributed by atoms with Gasteiger partial charge in [-0.05, 0) is 50.0 Å². The summed E-state index contributed by atoms with van der Waals surface area (Å²) in [5.74, 6) is 3.14. The molecule has 0 saturated heterocycles. The second kappa shape index (κ2) is 7.11. The van der Waals surface area contributed by atoms with Crippen molar-refractivity contribution in [1.29, 1.82) is 0 Å². The second-order valence-electron chi connectivity index (χ2n) is 7.58. The van der Waals surface area contributed by atoms with Crippen LogP contribution in [0.5, 0.6) is 0 Å². The van der Waals surface area contributed by atoms with Gasteiger partial charge in [-0.15, -0.1) is 0 Å². The van der Waals surface area contributed by atoms with E-state index in [2.05, 4.69) is 5.32 Å². The minimum Gasteiger partial charge on any atom is -0.314 e. The third kappa shape index (κ3) is 4.48. The summed E-state index contributed by atoms with van der Waals surface area (Å²) < 4.78 is 0. The van der Waals surface area contributed by atoms with Crippen molar-refractivity contribution in [3.8, 4) is 0 Å². The lowest BCUT2D eigenvalue weighted by molar-refractivity contribution is 0.214. The molecule has 0 radical (unpaired) electrons. The van der Waals surface area contributed by atoms with E-state index in [1.165, 1.54) is 70.8 Å². The molecule has 2 atom stereocenters. The van der Waals surface area contributed by atoms with E-state index < -0.39 is 0 Å². The van der Waals surface area contributed by atoms with Gasteiger partial charge in [0.05, 0.1) is 0 Å². The maximum Gasteiger partial charge on any atom is 0.00683 e. The van der Waals surface area contributed by atoms with Gasteiger partial charge in [-0.2, -0.15) is 0 Å². The highest BCUT2D eigenvalue weighted by Gasteiger charge is 2.29. The molecule has 0 aliphatic heterocycles. The van der Waals surface area contributed by atoms with E-state index >= 15 is 0 Å². The number of hydrogen-bond acceptors (Lipinski definition) is 1. The Kier molecular flexibility index (Phi) is 5.21. The molecular formula is C18H33N. The summed E-state index contributed by atoms with van der Waals surface area (Å²) in [7, 11) is 0. The van der Waals surface area contributed by atoms with E-state index in [9.17, 15) is 0 Å². The van der Waals surface area contributed by atoms with Gasteiger partial charge in [-0.3, -0.25) is 0 Å². The fraction of sp³-hybridized carbons (Fsp3) is 1.00. The maximum absolute atomic E-state index is 3.82. The predicted molar refractivity (Wildman–Crippen MR) is 82.3 cm³/mol. The Morgan fingerprint density at radius 3 is 1.95 bits per heavy atom. The van der Waals surface area contributed by atoms with Gasteiger partial charge >= 0.3 is 0 Å². The molecule has 1 N–H and O–H groups in total. The number of hydrogen-bond donors (Lipinski definition) is 1. The molecule has 0 aromatic heterocycles. The summed E-state index contributed by atoms with van der Waals surface area (Å²) in [6, 6.07) is 0.901. The summed E-state index contributed by atoms with van der Waals surface area (Å²) in [4.78, 5) is 0. The standard InChI is InChI=1S/C18H33N/c1-3-7-15(8-4-1)13-16-9-5-2-6-10-17(16)14-19-18-11-12-18/h15-19H,1-14H2. The van der Waals surface area contributed by atoms with E-state index in [0.717, 1.165) is 23.8 Å².